The number of likely N-dealkylation sites (tertiary alicyclic amines) is 1. The molecule has 1 atom stereocenters. The van der Waals surface area contributed by atoms with Crippen LogP contribution in [0, 0.1) is 5.82 Å². The second-order valence-electron chi connectivity index (χ2n) is 10.9. The molecule has 0 radical (unpaired) electrons. The van der Waals surface area contributed by atoms with E-state index in [1.807, 2.05) is 11.0 Å². The number of hydrogen-bond acceptors (Lipinski definition) is 5. The Balaban J connectivity index is 1.36. The van der Waals surface area contributed by atoms with Gasteiger partial charge in [0.25, 0.3) is 0 Å². The maximum atomic E-state index is 15.3. The fourth-order valence-corrected chi connectivity index (χ4v) is 6.31. The number of rotatable bonds is 8. The summed E-state index contributed by atoms with van der Waals surface area (Å²) in [4.78, 5) is 18.2. The number of anilines is 1. The van der Waals surface area contributed by atoms with Gasteiger partial charge in [0.2, 0.25) is 0 Å². The van der Waals surface area contributed by atoms with Crippen LogP contribution in [0.25, 0.3) is 11.0 Å². The largest absolute Gasteiger partial charge is 0.494 e. The molecule has 0 saturated carbocycles. The van der Waals surface area contributed by atoms with Crippen molar-refractivity contribution in [3.63, 3.8) is 0 Å². The Morgan fingerprint density at radius 3 is 2.38 bits per heavy atom. The molecule has 0 bridgehead atoms. The van der Waals surface area contributed by atoms with Crippen LogP contribution in [0.5, 0.6) is 5.75 Å². The Morgan fingerprint density at radius 1 is 0.905 bits per heavy atom. The van der Waals surface area contributed by atoms with Crippen molar-refractivity contribution in [2.45, 2.75) is 37.8 Å². The molecule has 0 aliphatic carbocycles. The number of methoxy groups -OCH3 is 2. The van der Waals surface area contributed by atoms with E-state index in [2.05, 4.69) is 4.90 Å². The van der Waals surface area contributed by atoms with E-state index in [1.165, 1.54) is 35.9 Å². The van der Waals surface area contributed by atoms with Crippen molar-refractivity contribution in [2.75, 3.05) is 45.3 Å². The highest BCUT2D eigenvalue weighted by atomic mass is 19.4. The van der Waals surface area contributed by atoms with Crippen molar-refractivity contribution in [3.05, 3.63) is 93.7 Å². The monoisotopic (exact) mass is 584 g/mol. The van der Waals surface area contributed by atoms with E-state index in [0.717, 1.165) is 24.7 Å². The molecule has 2 fully saturated rings. The van der Waals surface area contributed by atoms with Gasteiger partial charge in [-0.15, -0.1) is 0 Å². The molecule has 2 saturated heterocycles. The standard InChI is InChI=1S/C31H32F4N4O3/c1-41-23-18-36(19-23)15-21-8-5-10-25(32)28(21)37-14-13-22(17-37)39-26-11-6-12-27(42-2)29(26)38(30(39)40)16-20-7-3-4-9-24(20)31(33,34)35/h3-12,22-23H,13-19H2,1-2H3/t22-/m1/s1. The third-order valence-corrected chi connectivity index (χ3v) is 8.38. The average Bonchev–Trinajstić information content (AvgIpc) is 3.52. The Morgan fingerprint density at radius 2 is 1.64 bits per heavy atom. The number of fused-ring (bicyclic) bond motifs is 1. The van der Waals surface area contributed by atoms with Gasteiger partial charge in [0, 0.05) is 39.8 Å². The first-order valence-corrected chi connectivity index (χ1v) is 13.9. The summed E-state index contributed by atoms with van der Waals surface area (Å²) < 4.78 is 70.6. The summed E-state index contributed by atoms with van der Waals surface area (Å²) in [5, 5.41) is 0. The molecule has 2 aliphatic rings. The van der Waals surface area contributed by atoms with Crippen molar-refractivity contribution in [3.8, 4) is 5.75 Å². The minimum absolute atomic E-state index is 0.0113. The molecule has 42 heavy (non-hydrogen) atoms. The molecule has 0 amide bonds. The van der Waals surface area contributed by atoms with E-state index in [-0.39, 0.29) is 30.1 Å². The van der Waals surface area contributed by atoms with Crippen LogP contribution in [-0.4, -0.2) is 60.5 Å². The SMILES string of the molecule is COc1cccc2c1n(Cc1ccccc1C(F)(F)F)c(=O)n2[C@@H]1CCN(c2c(F)cccc2CN2CC(OC)C2)C1. The van der Waals surface area contributed by atoms with Crippen molar-refractivity contribution >= 4 is 16.7 Å². The molecule has 11 heteroatoms. The van der Waals surface area contributed by atoms with Crippen LogP contribution in [-0.2, 0) is 24.0 Å². The van der Waals surface area contributed by atoms with E-state index in [4.69, 9.17) is 9.47 Å². The van der Waals surface area contributed by atoms with Crippen LogP contribution < -0.4 is 15.3 Å². The lowest BCUT2D eigenvalue weighted by atomic mass is 10.1. The number of para-hydroxylation sites is 2. The zero-order valence-electron chi connectivity index (χ0n) is 23.4. The summed E-state index contributed by atoms with van der Waals surface area (Å²) in [6.07, 6.45) is -3.81. The Labute approximate surface area is 240 Å². The molecule has 3 aromatic carbocycles. The van der Waals surface area contributed by atoms with Crippen LogP contribution in [0.2, 0.25) is 0 Å². The average molecular weight is 585 g/mol. The van der Waals surface area contributed by atoms with Crippen LogP contribution in [0.3, 0.4) is 0 Å². The first-order valence-electron chi connectivity index (χ1n) is 13.9. The van der Waals surface area contributed by atoms with Crippen LogP contribution in [0.1, 0.15) is 29.2 Å². The molecule has 2 aliphatic heterocycles. The highest BCUT2D eigenvalue weighted by molar-refractivity contribution is 5.83. The normalized spacial score (nSPS) is 18.1. The number of nitrogens with zero attached hydrogens (tertiary/aromatic N) is 4. The first-order chi connectivity index (χ1) is 20.2. The number of ether oxygens (including phenoxy) is 2. The quantitative estimate of drug-likeness (QED) is 0.263. The molecule has 1 aromatic heterocycles. The summed E-state index contributed by atoms with van der Waals surface area (Å²) in [5.41, 5.74) is 1.15. The lowest BCUT2D eigenvalue weighted by molar-refractivity contribution is -0.138. The summed E-state index contributed by atoms with van der Waals surface area (Å²) in [5.74, 6) is 0.0696. The van der Waals surface area contributed by atoms with Crippen molar-refractivity contribution in [1.82, 2.24) is 14.0 Å². The minimum atomic E-state index is -4.56. The molecule has 4 aromatic rings. The molecule has 6 rings (SSSR count). The van der Waals surface area contributed by atoms with Crippen LogP contribution in [0.15, 0.2) is 65.5 Å². The number of aromatic nitrogens is 2. The first kappa shape index (κ1) is 28.3. The predicted octanol–water partition coefficient (Wildman–Crippen LogP) is 5.30. The van der Waals surface area contributed by atoms with E-state index >= 15 is 4.39 Å². The van der Waals surface area contributed by atoms with E-state index in [0.29, 0.717) is 48.5 Å². The molecule has 0 unspecified atom stereocenters. The van der Waals surface area contributed by atoms with Gasteiger partial charge < -0.3 is 14.4 Å². The van der Waals surface area contributed by atoms with Gasteiger partial charge in [0.05, 0.1) is 42.6 Å². The van der Waals surface area contributed by atoms with Gasteiger partial charge in [-0.3, -0.25) is 14.0 Å². The van der Waals surface area contributed by atoms with Gasteiger partial charge in [0.1, 0.15) is 17.1 Å². The zero-order chi connectivity index (χ0) is 29.6. The third-order valence-electron chi connectivity index (χ3n) is 8.38. The molecule has 0 spiro atoms. The number of benzene rings is 3. The van der Waals surface area contributed by atoms with Crippen LogP contribution in [0.4, 0.5) is 23.2 Å². The molecule has 7 nitrogen and oxygen atoms in total. The minimum Gasteiger partial charge on any atom is -0.494 e. The molecule has 3 heterocycles. The number of halogens is 4. The predicted molar refractivity (Wildman–Crippen MR) is 152 cm³/mol. The van der Waals surface area contributed by atoms with Gasteiger partial charge in [-0.1, -0.05) is 36.4 Å². The highest BCUT2D eigenvalue weighted by Gasteiger charge is 2.35. The number of imidazole rings is 1. The fraction of sp³-hybridized carbons (Fsp3) is 0.387. The van der Waals surface area contributed by atoms with E-state index in [9.17, 15) is 18.0 Å². The van der Waals surface area contributed by atoms with E-state index < -0.39 is 17.4 Å². The van der Waals surface area contributed by atoms with Gasteiger partial charge in [0.15, 0.2) is 0 Å². The summed E-state index contributed by atoms with van der Waals surface area (Å²) in [6, 6.07) is 15.3. The van der Waals surface area contributed by atoms with Gasteiger partial charge >= 0.3 is 11.9 Å². The molecule has 222 valence electrons. The van der Waals surface area contributed by atoms with Crippen molar-refractivity contribution in [2.24, 2.45) is 0 Å². The highest BCUT2D eigenvalue weighted by Crippen LogP contribution is 2.36. The lowest BCUT2D eigenvalue weighted by Crippen LogP contribution is -2.51. The Hall–Kier alpha value is -3.83. The maximum absolute atomic E-state index is 15.3. The summed E-state index contributed by atoms with van der Waals surface area (Å²) in [7, 11) is 3.15. The second kappa shape index (κ2) is 11.1. The van der Waals surface area contributed by atoms with Gasteiger partial charge in [-0.25, -0.2) is 9.18 Å². The third kappa shape index (κ3) is 5.05. The van der Waals surface area contributed by atoms with E-state index in [1.54, 1.807) is 35.9 Å². The topological polar surface area (TPSA) is 51.9 Å². The Bertz CT molecular complexity index is 1660. The second-order valence-corrected chi connectivity index (χ2v) is 10.9. The van der Waals surface area contributed by atoms with Crippen LogP contribution >= 0.6 is 0 Å². The summed E-state index contributed by atoms with van der Waals surface area (Å²) >= 11 is 0. The summed E-state index contributed by atoms with van der Waals surface area (Å²) in [6.45, 7) is 2.78. The van der Waals surface area contributed by atoms with Crippen molar-refractivity contribution < 1.29 is 27.0 Å². The molecule has 0 N–H and O–H groups in total. The van der Waals surface area contributed by atoms with Crippen molar-refractivity contribution in [1.29, 1.82) is 0 Å². The lowest BCUT2D eigenvalue weighted by Gasteiger charge is -2.38. The van der Waals surface area contributed by atoms with Gasteiger partial charge in [-0.2, -0.15) is 13.2 Å². The fourth-order valence-electron chi connectivity index (χ4n) is 6.31. The van der Waals surface area contributed by atoms with Gasteiger partial charge in [-0.05, 0) is 41.8 Å². The smallest absolute Gasteiger partial charge is 0.416 e. The molecular weight excluding hydrogens is 552 g/mol. The maximum Gasteiger partial charge on any atom is 0.416 e. The number of alkyl halides is 3. The molecular formula is C31H32F4N4O3. The zero-order valence-corrected chi connectivity index (χ0v) is 23.4. The number of hydrogen-bond donors (Lipinski definition) is 0. The Kier molecular flexibility index (Phi) is 7.48.